The van der Waals surface area contributed by atoms with E-state index in [0.717, 1.165) is 24.0 Å². The van der Waals surface area contributed by atoms with Crippen LogP contribution in [0.1, 0.15) is 25.3 Å². The SMILES string of the molecule is CC1CC1.CS(C)(=O)=O.Cc1cc(F)cc(Cl)c1. The Hall–Kier alpha value is -0.610. The van der Waals surface area contributed by atoms with Crippen molar-refractivity contribution in [3.05, 3.63) is 34.6 Å². The fourth-order valence-corrected chi connectivity index (χ4v) is 1.13. The summed E-state index contributed by atoms with van der Waals surface area (Å²) >= 11 is 5.51. The van der Waals surface area contributed by atoms with Gasteiger partial charge in [-0.1, -0.05) is 31.4 Å². The number of halogens is 2. The standard InChI is InChI=1S/C7H6ClF.C4H8.C2H6O2S/c1-5-2-6(8)4-7(9)3-5;1-4-2-3-4;1-5(2,3)4/h2-4H,1H3;4H,2-3H2,1H3;1-2H3. The molecule has 0 N–H and O–H groups in total. The van der Waals surface area contributed by atoms with Crippen molar-refractivity contribution in [3.63, 3.8) is 0 Å². The van der Waals surface area contributed by atoms with Gasteiger partial charge in [0, 0.05) is 17.5 Å². The molecule has 0 aromatic heterocycles. The minimum atomic E-state index is -2.67. The summed E-state index contributed by atoms with van der Waals surface area (Å²) in [4.78, 5) is 0. The molecule has 0 radical (unpaired) electrons. The third kappa shape index (κ3) is 15.4. The molecule has 0 spiro atoms. The Morgan fingerprint density at radius 2 is 1.61 bits per heavy atom. The largest absolute Gasteiger partial charge is 0.229 e. The maximum atomic E-state index is 12.3. The lowest BCUT2D eigenvalue weighted by atomic mass is 10.2. The van der Waals surface area contributed by atoms with Crippen molar-refractivity contribution in [1.29, 1.82) is 0 Å². The van der Waals surface area contributed by atoms with Crippen LogP contribution in [0.4, 0.5) is 4.39 Å². The fraction of sp³-hybridized carbons (Fsp3) is 0.538. The molecule has 0 aliphatic heterocycles. The molecule has 1 aliphatic rings. The summed E-state index contributed by atoms with van der Waals surface area (Å²) in [6.07, 6.45) is 5.29. The highest BCUT2D eigenvalue weighted by atomic mass is 35.5. The van der Waals surface area contributed by atoms with Crippen LogP contribution in [-0.4, -0.2) is 20.9 Å². The first-order valence-electron chi connectivity index (χ1n) is 5.65. The highest BCUT2D eigenvalue weighted by Gasteiger charge is 2.12. The minimum absolute atomic E-state index is 0.278. The average Bonchev–Trinajstić information content (AvgIpc) is 2.82. The van der Waals surface area contributed by atoms with Gasteiger partial charge in [0.15, 0.2) is 0 Å². The highest BCUT2D eigenvalue weighted by Crippen LogP contribution is 2.26. The van der Waals surface area contributed by atoms with Crippen molar-refractivity contribution < 1.29 is 12.8 Å². The Morgan fingerprint density at radius 3 is 1.83 bits per heavy atom. The molecule has 0 saturated heterocycles. The first-order chi connectivity index (χ1) is 8.08. The third-order valence-electron chi connectivity index (χ3n) is 1.87. The van der Waals surface area contributed by atoms with Crippen LogP contribution in [0.3, 0.4) is 0 Å². The van der Waals surface area contributed by atoms with Crippen molar-refractivity contribution in [2.45, 2.75) is 26.7 Å². The molecular weight excluding hydrogens is 275 g/mol. The number of rotatable bonds is 0. The molecule has 0 unspecified atom stereocenters. The molecule has 1 fully saturated rings. The van der Waals surface area contributed by atoms with Gasteiger partial charge in [-0.2, -0.15) is 0 Å². The van der Waals surface area contributed by atoms with Gasteiger partial charge in [-0.3, -0.25) is 0 Å². The summed E-state index contributed by atoms with van der Waals surface area (Å²) in [5, 5.41) is 0.451. The van der Waals surface area contributed by atoms with Crippen LogP contribution in [0.25, 0.3) is 0 Å². The molecular formula is C13H20ClFO2S. The number of sulfone groups is 1. The van der Waals surface area contributed by atoms with Crippen molar-refractivity contribution in [2.75, 3.05) is 12.5 Å². The van der Waals surface area contributed by atoms with Gasteiger partial charge >= 0.3 is 0 Å². The van der Waals surface area contributed by atoms with Crippen LogP contribution < -0.4 is 0 Å². The Kier molecular flexibility index (Phi) is 7.48. The van der Waals surface area contributed by atoms with Crippen LogP contribution in [-0.2, 0) is 9.84 Å². The van der Waals surface area contributed by atoms with Crippen LogP contribution in [0.2, 0.25) is 5.02 Å². The second-order valence-corrected chi connectivity index (χ2v) is 7.49. The van der Waals surface area contributed by atoms with Crippen molar-refractivity contribution in [3.8, 4) is 0 Å². The predicted molar refractivity (Wildman–Crippen MR) is 75.3 cm³/mol. The van der Waals surface area contributed by atoms with Gasteiger partial charge in [0.25, 0.3) is 0 Å². The molecule has 18 heavy (non-hydrogen) atoms. The van der Waals surface area contributed by atoms with Crippen LogP contribution in [0.5, 0.6) is 0 Å². The Morgan fingerprint density at radius 1 is 1.22 bits per heavy atom. The van der Waals surface area contributed by atoms with Gasteiger partial charge in [0.2, 0.25) is 0 Å². The van der Waals surface area contributed by atoms with E-state index < -0.39 is 9.84 Å². The zero-order chi connectivity index (χ0) is 14.3. The molecule has 104 valence electrons. The van der Waals surface area contributed by atoms with Gasteiger partial charge in [0.05, 0.1) is 0 Å². The minimum Gasteiger partial charge on any atom is -0.229 e. The summed E-state index contributed by atoms with van der Waals surface area (Å²) in [6.45, 7) is 4.08. The van der Waals surface area contributed by atoms with E-state index in [2.05, 4.69) is 6.92 Å². The monoisotopic (exact) mass is 294 g/mol. The zero-order valence-corrected chi connectivity index (χ0v) is 12.8. The van der Waals surface area contributed by atoms with E-state index in [1.165, 1.54) is 25.0 Å². The maximum absolute atomic E-state index is 12.3. The Labute approximate surface area is 114 Å². The molecule has 0 heterocycles. The molecule has 1 aliphatic carbocycles. The molecule has 1 aromatic carbocycles. The smallest absolute Gasteiger partial charge is 0.144 e. The van der Waals surface area contributed by atoms with Crippen molar-refractivity contribution >= 4 is 21.4 Å². The van der Waals surface area contributed by atoms with Gasteiger partial charge in [-0.15, -0.1) is 0 Å². The van der Waals surface area contributed by atoms with Crippen LogP contribution in [0.15, 0.2) is 18.2 Å². The van der Waals surface area contributed by atoms with E-state index >= 15 is 0 Å². The lowest BCUT2D eigenvalue weighted by molar-refractivity contribution is 0.607. The van der Waals surface area contributed by atoms with E-state index in [0.29, 0.717) is 5.02 Å². The van der Waals surface area contributed by atoms with E-state index in [4.69, 9.17) is 11.6 Å². The normalized spacial score (nSPS) is 13.9. The number of hydrogen-bond acceptors (Lipinski definition) is 2. The zero-order valence-electron chi connectivity index (χ0n) is 11.2. The van der Waals surface area contributed by atoms with Crippen LogP contribution in [0, 0.1) is 18.7 Å². The third-order valence-corrected chi connectivity index (χ3v) is 2.09. The second kappa shape index (κ2) is 7.74. The molecule has 0 bridgehead atoms. The second-order valence-electron chi connectivity index (χ2n) is 4.77. The average molecular weight is 295 g/mol. The number of hydrogen-bond donors (Lipinski definition) is 0. The number of aryl methyl sites for hydroxylation is 1. The van der Waals surface area contributed by atoms with Crippen molar-refractivity contribution in [1.82, 2.24) is 0 Å². The summed E-state index contributed by atoms with van der Waals surface area (Å²) in [6, 6.07) is 4.44. The lowest BCUT2D eigenvalue weighted by Gasteiger charge is -1.92. The fourth-order valence-electron chi connectivity index (χ4n) is 0.858. The van der Waals surface area contributed by atoms with Gasteiger partial charge in [0.1, 0.15) is 15.7 Å². The quantitative estimate of drug-likeness (QED) is 0.728. The molecule has 1 saturated carbocycles. The van der Waals surface area contributed by atoms with Gasteiger partial charge in [-0.25, -0.2) is 12.8 Å². The van der Waals surface area contributed by atoms with Gasteiger partial charge < -0.3 is 0 Å². The van der Waals surface area contributed by atoms with E-state index in [-0.39, 0.29) is 5.82 Å². The Balaban J connectivity index is 0.000000271. The van der Waals surface area contributed by atoms with Gasteiger partial charge in [-0.05, 0) is 36.6 Å². The molecule has 1 aromatic rings. The summed E-state index contributed by atoms with van der Waals surface area (Å²) in [5.74, 6) is 0.806. The molecule has 0 atom stereocenters. The molecule has 2 nitrogen and oxygen atoms in total. The first kappa shape index (κ1) is 17.4. The predicted octanol–water partition coefficient (Wildman–Crippen LogP) is 3.86. The molecule has 2 rings (SSSR count). The Bertz CT molecular complexity index is 409. The lowest BCUT2D eigenvalue weighted by Crippen LogP contribution is -1.86. The van der Waals surface area contributed by atoms with Crippen LogP contribution >= 0.6 is 11.6 Å². The first-order valence-corrected chi connectivity index (χ1v) is 8.33. The molecule has 5 heteroatoms. The summed E-state index contributed by atoms with van der Waals surface area (Å²) in [5.41, 5.74) is 0.847. The van der Waals surface area contributed by atoms with E-state index in [9.17, 15) is 12.8 Å². The topological polar surface area (TPSA) is 34.1 Å². The van der Waals surface area contributed by atoms with E-state index in [1.807, 2.05) is 0 Å². The highest BCUT2D eigenvalue weighted by molar-refractivity contribution is 7.89. The van der Waals surface area contributed by atoms with E-state index in [1.54, 1.807) is 13.0 Å². The summed E-state index contributed by atoms with van der Waals surface area (Å²) in [7, 11) is -2.67. The molecule has 0 amide bonds. The number of benzene rings is 1. The van der Waals surface area contributed by atoms with Crippen molar-refractivity contribution in [2.24, 2.45) is 5.92 Å². The summed E-state index contributed by atoms with van der Waals surface area (Å²) < 4.78 is 31.6. The maximum Gasteiger partial charge on any atom is 0.144 e.